The van der Waals surface area contributed by atoms with Gasteiger partial charge in [-0.2, -0.15) is 11.8 Å². The van der Waals surface area contributed by atoms with Gasteiger partial charge in [0.05, 0.1) is 6.04 Å². The fourth-order valence-corrected chi connectivity index (χ4v) is 4.99. The van der Waals surface area contributed by atoms with Gasteiger partial charge in [-0.05, 0) is 49.1 Å². The Hall–Kier alpha value is -1.15. The molecule has 2 atom stereocenters. The summed E-state index contributed by atoms with van der Waals surface area (Å²) in [6.07, 6.45) is 12.0. The van der Waals surface area contributed by atoms with Crippen molar-refractivity contribution in [2.75, 3.05) is 32.6 Å². The summed E-state index contributed by atoms with van der Waals surface area (Å²) in [7, 11) is 1.55. The number of carbonyl (C=O) groups excluding carboxylic acids is 1. The lowest BCUT2D eigenvalue weighted by molar-refractivity contribution is -0.228. The van der Waals surface area contributed by atoms with E-state index in [9.17, 15) is 9.90 Å². The predicted octanol–water partition coefficient (Wildman–Crippen LogP) is 2.94. The van der Waals surface area contributed by atoms with Gasteiger partial charge in [0.25, 0.3) is 5.91 Å². The molecule has 1 saturated heterocycles. The Labute approximate surface area is 178 Å². The number of pyridine rings is 1. The van der Waals surface area contributed by atoms with Crippen molar-refractivity contribution in [1.29, 1.82) is 0 Å². The number of unbranched alkanes of at least 4 members (excludes halogenated alkanes) is 1. The third-order valence-electron chi connectivity index (χ3n) is 6.17. The summed E-state index contributed by atoms with van der Waals surface area (Å²) < 4.78 is 11.1. The van der Waals surface area contributed by atoms with Crippen LogP contribution in [0, 0.1) is 12.8 Å². The monoisotopic (exact) mass is 422 g/mol. The molecule has 29 heavy (non-hydrogen) atoms. The molecule has 6 nitrogen and oxygen atoms in total. The van der Waals surface area contributed by atoms with Crippen LogP contribution >= 0.6 is 11.8 Å². The molecule has 0 aromatic carbocycles. The van der Waals surface area contributed by atoms with E-state index < -0.39 is 5.60 Å². The van der Waals surface area contributed by atoms with Gasteiger partial charge in [0.15, 0.2) is 5.60 Å². The molecule has 2 aliphatic rings. The Balaban J connectivity index is 1.72. The van der Waals surface area contributed by atoms with Gasteiger partial charge < -0.3 is 19.5 Å². The Bertz CT molecular complexity index is 697. The van der Waals surface area contributed by atoms with Gasteiger partial charge >= 0.3 is 0 Å². The first-order chi connectivity index (χ1) is 14.1. The second-order valence-corrected chi connectivity index (χ2v) is 9.21. The Morgan fingerprint density at radius 3 is 2.83 bits per heavy atom. The van der Waals surface area contributed by atoms with E-state index >= 15 is 0 Å². The quantitative estimate of drug-likeness (QED) is 0.299. The maximum Gasteiger partial charge on any atom is 0.259 e. The summed E-state index contributed by atoms with van der Waals surface area (Å²) in [4.78, 5) is 19.0. The fraction of sp³-hybridized carbons (Fsp3) is 0.727. The SMILES string of the molecule is COCOC1(Cc2cc(CCCCC3CC3)c(C)cn2)C(=O)N(CO)C1CSC. The van der Waals surface area contributed by atoms with Crippen molar-refractivity contribution in [3.63, 3.8) is 0 Å². The highest BCUT2D eigenvalue weighted by Gasteiger charge is 2.61. The third kappa shape index (κ3) is 5.13. The maximum absolute atomic E-state index is 12.9. The lowest BCUT2D eigenvalue weighted by Gasteiger charge is -2.54. The lowest BCUT2D eigenvalue weighted by atomic mass is 9.79. The Morgan fingerprint density at radius 1 is 1.38 bits per heavy atom. The van der Waals surface area contributed by atoms with Crippen LogP contribution in [0.25, 0.3) is 0 Å². The number of hydrogen-bond acceptors (Lipinski definition) is 6. The van der Waals surface area contributed by atoms with Gasteiger partial charge in [0.2, 0.25) is 0 Å². The molecule has 1 aliphatic heterocycles. The zero-order valence-electron chi connectivity index (χ0n) is 17.9. The lowest BCUT2D eigenvalue weighted by Crippen LogP contribution is -2.76. The second kappa shape index (κ2) is 10.2. The first-order valence-corrected chi connectivity index (χ1v) is 11.9. The minimum absolute atomic E-state index is 0.0375. The van der Waals surface area contributed by atoms with E-state index in [1.807, 2.05) is 12.5 Å². The summed E-state index contributed by atoms with van der Waals surface area (Å²) in [5, 5.41) is 9.62. The van der Waals surface area contributed by atoms with E-state index in [0.717, 1.165) is 18.0 Å². The highest BCUT2D eigenvalue weighted by Crippen LogP contribution is 2.39. The van der Waals surface area contributed by atoms with E-state index in [1.165, 1.54) is 48.1 Å². The molecular formula is C22H34N2O4S. The van der Waals surface area contributed by atoms with Crippen LogP contribution in [0.2, 0.25) is 0 Å². The number of hydrogen-bond donors (Lipinski definition) is 1. The van der Waals surface area contributed by atoms with Crippen LogP contribution in [-0.4, -0.2) is 65.2 Å². The molecule has 2 fully saturated rings. The summed E-state index contributed by atoms with van der Waals surface area (Å²) in [6.45, 7) is 1.84. The Kier molecular flexibility index (Phi) is 7.96. The molecule has 2 heterocycles. The molecule has 1 aromatic heterocycles. The summed E-state index contributed by atoms with van der Waals surface area (Å²) in [5.41, 5.74) is 2.35. The van der Waals surface area contributed by atoms with E-state index in [-0.39, 0.29) is 25.5 Å². The highest BCUT2D eigenvalue weighted by atomic mass is 32.2. The minimum atomic E-state index is -1.02. The number of thioether (sulfide) groups is 1. The number of rotatable bonds is 13. The molecule has 2 unspecified atom stereocenters. The number of nitrogens with zero attached hydrogens (tertiary/aromatic N) is 2. The molecular weight excluding hydrogens is 388 g/mol. The summed E-state index contributed by atoms with van der Waals surface area (Å²) in [6, 6.07) is 1.94. The normalized spacial score (nSPS) is 24.1. The molecule has 7 heteroatoms. The van der Waals surface area contributed by atoms with Crippen LogP contribution < -0.4 is 0 Å². The van der Waals surface area contributed by atoms with Gasteiger partial charge in [-0.1, -0.05) is 25.7 Å². The molecule has 1 saturated carbocycles. The average molecular weight is 423 g/mol. The number of aliphatic hydroxyl groups excluding tert-OH is 1. The molecule has 0 radical (unpaired) electrons. The first kappa shape index (κ1) is 22.5. The van der Waals surface area contributed by atoms with Gasteiger partial charge in [0, 0.05) is 31.2 Å². The van der Waals surface area contributed by atoms with Crippen molar-refractivity contribution in [1.82, 2.24) is 9.88 Å². The van der Waals surface area contributed by atoms with Crippen LogP contribution in [0.3, 0.4) is 0 Å². The second-order valence-electron chi connectivity index (χ2n) is 8.30. The van der Waals surface area contributed by atoms with Crippen molar-refractivity contribution >= 4 is 17.7 Å². The summed E-state index contributed by atoms with van der Waals surface area (Å²) >= 11 is 1.63. The molecule has 1 aromatic rings. The van der Waals surface area contributed by atoms with Crippen molar-refractivity contribution in [3.8, 4) is 0 Å². The number of aromatic nitrogens is 1. The molecule has 162 valence electrons. The number of likely N-dealkylation sites (tertiary alicyclic amines) is 1. The van der Waals surface area contributed by atoms with Gasteiger partial charge in [0.1, 0.15) is 13.5 Å². The number of amides is 1. The Morgan fingerprint density at radius 2 is 2.17 bits per heavy atom. The first-order valence-electron chi connectivity index (χ1n) is 10.5. The van der Waals surface area contributed by atoms with Crippen LogP contribution in [0.15, 0.2) is 12.3 Å². The van der Waals surface area contributed by atoms with Crippen LogP contribution in [0.5, 0.6) is 0 Å². The topological polar surface area (TPSA) is 71.9 Å². The number of ether oxygens (including phenoxy) is 2. The van der Waals surface area contributed by atoms with E-state index in [4.69, 9.17) is 9.47 Å². The summed E-state index contributed by atoms with van der Waals surface area (Å²) in [5.74, 6) is 1.48. The fourth-order valence-electron chi connectivity index (χ4n) is 4.23. The highest BCUT2D eigenvalue weighted by molar-refractivity contribution is 7.98. The van der Waals surface area contributed by atoms with Crippen molar-refractivity contribution in [2.45, 2.75) is 63.5 Å². The zero-order valence-corrected chi connectivity index (χ0v) is 18.7. The number of methoxy groups -OCH3 is 1. The van der Waals surface area contributed by atoms with E-state index in [1.54, 1.807) is 18.9 Å². The van der Waals surface area contributed by atoms with Crippen LogP contribution in [-0.2, 0) is 27.1 Å². The van der Waals surface area contributed by atoms with Crippen molar-refractivity contribution in [3.05, 3.63) is 29.1 Å². The standard InChI is InChI=1S/C22H34N2O4S/c1-16-12-23-19(10-18(16)7-5-4-6-17-8-9-17)11-22(28-15-27-2)20(13-29-3)24(14-25)21(22)26/h10,12,17,20,25H,4-9,11,13-15H2,1-3H3. The van der Waals surface area contributed by atoms with E-state index in [0.29, 0.717) is 12.2 Å². The van der Waals surface area contributed by atoms with Gasteiger partial charge in [-0.3, -0.25) is 9.78 Å². The zero-order chi connectivity index (χ0) is 20.9. The number of carbonyl (C=O) groups is 1. The molecule has 0 bridgehead atoms. The molecule has 1 amide bonds. The van der Waals surface area contributed by atoms with Crippen molar-refractivity contribution < 1.29 is 19.4 Å². The smallest absolute Gasteiger partial charge is 0.259 e. The van der Waals surface area contributed by atoms with Crippen LogP contribution in [0.4, 0.5) is 0 Å². The van der Waals surface area contributed by atoms with Crippen molar-refractivity contribution in [2.24, 2.45) is 5.92 Å². The molecule has 1 N–H and O–H groups in total. The molecule has 0 spiro atoms. The minimum Gasteiger partial charge on any atom is -0.376 e. The maximum atomic E-state index is 12.9. The largest absolute Gasteiger partial charge is 0.376 e. The average Bonchev–Trinajstić information content (AvgIpc) is 3.55. The van der Waals surface area contributed by atoms with Gasteiger partial charge in [-0.15, -0.1) is 0 Å². The predicted molar refractivity (Wildman–Crippen MR) is 115 cm³/mol. The molecule has 1 aliphatic carbocycles. The number of aryl methyl sites for hydroxylation is 2. The number of β-lactam (4-membered cyclic amide) rings is 1. The van der Waals surface area contributed by atoms with Crippen LogP contribution in [0.1, 0.15) is 48.9 Å². The number of aliphatic hydroxyl groups is 1. The van der Waals surface area contributed by atoms with Gasteiger partial charge in [-0.25, -0.2) is 0 Å². The molecule has 3 rings (SSSR count). The van der Waals surface area contributed by atoms with E-state index in [2.05, 4.69) is 18.0 Å². The third-order valence-corrected chi connectivity index (χ3v) is 6.82.